The molecule has 0 radical (unpaired) electrons. The highest BCUT2D eigenvalue weighted by atomic mass is 32.1. The van der Waals surface area contributed by atoms with Gasteiger partial charge in [-0.1, -0.05) is 54.6 Å². The number of Topliss-reactive ketones (excluding diaryl/α,β-unsaturated/α-hetero) is 3. The van der Waals surface area contributed by atoms with E-state index in [1.165, 1.54) is 85.2 Å². The van der Waals surface area contributed by atoms with Crippen molar-refractivity contribution >= 4 is 68.1 Å². The minimum atomic E-state index is -1.01. The lowest BCUT2D eigenvalue weighted by atomic mass is 9.96. The summed E-state index contributed by atoms with van der Waals surface area (Å²) in [4.78, 5) is 106. The molecule has 9 aromatic heterocycles. The fourth-order valence-corrected chi connectivity index (χ4v) is 16.3. The van der Waals surface area contributed by atoms with Gasteiger partial charge in [0.2, 0.25) is 0 Å². The Morgan fingerprint density at radius 1 is 0.463 bits per heavy atom. The molecule has 17 nitrogen and oxygen atoms in total. The van der Waals surface area contributed by atoms with Gasteiger partial charge in [0, 0.05) is 149 Å². The zero-order valence-corrected chi connectivity index (χ0v) is 59.8. The number of aliphatic hydroxyl groups excluding tert-OH is 1. The molecule has 0 spiro atoms. The highest BCUT2D eigenvalue weighted by Gasteiger charge is 2.49. The van der Waals surface area contributed by atoms with Crippen LogP contribution in [-0.2, 0) is 44.3 Å². The summed E-state index contributed by atoms with van der Waals surface area (Å²) in [5, 5.41) is 18.2. The van der Waals surface area contributed by atoms with Crippen LogP contribution < -0.4 is 22.4 Å². The number of aromatic nitrogens is 9. The number of hydrogen-bond acceptors (Lipinski definition) is 17. The normalized spacial score (nSPS) is 14.1. The second kappa shape index (κ2) is 32.0. The number of pyridine rings is 6. The minimum absolute atomic E-state index is 0.0120. The molecule has 1 saturated carbocycles. The quantitative estimate of drug-likeness (QED) is 0.0447. The van der Waals surface area contributed by atoms with Crippen LogP contribution in [0.3, 0.4) is 0 Å². The zero-order chi connectivity index (χ0) is 75.3. The predicted octanol–water partition coefficient (Wildman–Crippen LogP) is 14.0. The number of carbonyl (C=O) groups excluding carboxylic acids is 3. The second-order valence-corrected chi connectivity index (χ2v) is 29.0. The van der Waals surface area contributed by atoms with Crippen LogP contribution in [0.5, 0.6) is 0 Å². The Balaban J connectivity index is 0.000000136. The zero-order valence-electron chi connectivity index (χ0n) is 57.4. The molecule has 544 valence electrons. The number of halogens is 6. The van der Waals surface area contributed by atoms with Crippen LogP contribution in [0.1, 0.15) is 158 Å². The monoisotopic (exact) mass is 1510 g/mol. The van der Waals surface area contributed by atoms with Crippen molar-refractivity contribution in [1.29, 1.82) is 0 Å². The number of thiazole rings is 3. The lowest BCUT2D eigenvalue weighted by Gasteiger charge is -2.12. The maximum atomic E-state index is 13.6. The Hall–Kier alpha value is -11.4. The summed E-state index contributed by atoms with van der Waals surface area (Å²) in [7, 11) is 0. The Bertz CT molecular complexity index is 5570. The topological polar surface area (TPSA) is 241 Å². The summed E-state index contributed by atoms with van der Waals surface area (Å²) < 4.78 is 84.3. The maximum absolute atomic E-state index is 13.6. The van der Waals surface area contributed by atoms with Crippen LogP contribution in [0.25, 0.3) is 16.7 Å². The summed E-state index contributed by atoms with van der Waals surface area (Å²) in [5.74, 6) is -7.76. The first kappa shape index (κ1) is 73.5. The Labute approximate surface area is 625 Å². The standard InChI is InChI=1S/C28H21F2N3O2S.C27H22F2N4O2S.C27H21F2N3O3S/c29-21-7-5-17(13-22(21)30)15-33-12-2-4-20(26(33)35)25(34)14-28(9-10-28)27-32-24(16-36-27)19-6-8-23-18(19)3-1-11-31-23;28-21-7-5-16(11-22(21)29)14-33-10-2-4-20(27(33)35)25(34)12-17(13-30)26-32-24(15-36-26)19-6-8-23-18(19)3-1-9-31-23;28-21-7-5-16(11-22(21)29)13-32-10-2-4-20(27(32)35)25(34)12-17(14-33)26-31-24(15-36-26)19-6-8-23-18(19)3-1-9-30-23/h1-7,11-13,16H,8-10,14-15H2;1-7,9-11,15,17H,8,12-14,30H2;1-7,9-11,15,17,33H,8,12-14H2/t;2*17-/m.11/s1. The molecular weight excluding hydrogens is 1450 g/mol. The molecule has 3 aromatic carbocycles. The molecule has 2 atom stereocenters. The summed E-state index contributed by atoms with van der Waals surface area (Å²) in [6.07, 6.45) is 20.3. The van der Waals surface area contributed by atoms with E-state index in [1.807, 2.05) is 46.5 Å². The van der Waals surface area contributed by atoms with Gasteiger partial charge in [-0.2, -0.15) is 0 Å². The highest BCUT2D eigenvalue weighted by Crippen LogP contribution is 2.53. The van der Waals surface area contributed by atoms with Crippen molar-refractivity contribution < 1.29 is 45.8 Å². The van der Waals surface area contributed by atoms with E-state index in [-0.39, 0.29) is 91.6 Å². The number of nitrogens with two attached hydrogens (primary N) is 1. The molecule has 0 bridgehead atoms. The summed E-state index contributed by atoms with van der Waals surface area (Å²) in [6, 6.07) is 31.3. The molecular formula is C82H64F6N10O7S3. The first-order chi connectivity index (χ1) is 52.3. The Morgan fingerprint density at radius 2 is 0.833 bits per heavy atom. The number of benzene rings is 3. The van der Waals surface area contributed by atoms with E-state index in [9.17, 15) is 60.2 Å². The average molecular weight is 1510 g/mol. The first-order valence-corrected chi connectivity index (χ1v) is 37.1. The van der Waals surface area contributed by atoms with Crippen LogP contribution >= 0.6 is 34.0 Å². The summed E-state index contributed by atoms with van der Waals surface area (Å²) in [5.41, 5.74) is 17.3. The minimum Gasteiger partial charge on any atom is -0.396 e. The fraction of sp³-hybridized carbons (Fsp3) is 0.195. The molecule has 26 heteroatoms. The molecule has 0 unspecified atom stereocenters. The van der Waals surface area contributed by atoms with Crippen LogP contribution in [0, 0.1) is 34.9 Å². The number of ketones is 3. The fourth-order valence-electron chi connectivity index (χ4n) is 13.3. The van der Waals surface area contributed by atoms with Crippen LogP contribution in [0.4, 0.5) is 26.3 Å². The third-order valence-corrected chi connectivity index (χ3v) is 22.4. The van der Waals surface area contributed by atoms with Gasteiger partial charge in [-0.25, -0.2) is 41.3 Å². The Kier molecular flexibility index (Phi) is 21.7. The number of nitrogens with zero attached hydrogens (tertiary/aromatic N) is 9. The SMILES string of the molecule is NC[C@@H](CC(=O)c1cccn(Cc2ccc(F)c(F)c2)c1=O)c1nc(C2=CCc3ncccc32)cs1.O=C(CC1(c2nc(C3=CCc4ncccc43)cs2)CC1)c1cccn(Cc2ccc(F)c(F)c2)c1=O.O=C(C[C@H](CO)c1nc(C2=CCc3ncccc32)cs1)c1cccn(Cc2ccc(F)c(F)c2)c1=O. The largest absolute Gasteiger partial charge is 0.396 e. The van der Waals surface area contributed by atoms with Gasteiger partial charge >= 0.3 is 0 Å². The van der Waals surface area contributed by atoms with Crippen molar-refractivity contribution in [2.45, 2.75) is 88.3 Å². The van der Waals surface area contributed by atoms with Gasteiger partial charge in [-0.05, 0) is 121 Å². The number of fused-ring (bicyclic) bond motifs is 3. The van der Waals surface area contributed by atoms with Gasteiger partial charge in [0.25, 0.3) is 16.7 Å². The number of rotatable bonds is 23. The molecule has 9 heterocycles. The van der Waals surface area contributed by atoms with Crippen molar-refractivity contribution in [1.82, 2.24) is 43.6 Å². The third kappa shape index (κ3) is 15.9. The van der Waals surface area contributed by atoms with Crippen molar-refractivity contribution in [2.75, 3.05) is 13.2 Å². The van der Waals surface area contributed by atoms with Crippen molar-refractivity contribution in [3.05, 3.63) is 364 Å². The van der Waals surface area contributed by atoms with Crippen LogP contribution in [0.15, 0.2) is 213 Å². The molecule has 0 aliphatic heterocycles. The summed E-state index contributed by atoms with van der Waals surface area (Å²) >= 11 is 4.35. The Morgan fingerprint density at radius 3 is 1.21 bits per heavy atom. The average Bonchev–Trinajstić information content (AvgIpc) is 1.59. The maximum Gasteiger partial charge on any atom is 0.261 e. The van der Waals surface area contributed by atoms with E-state index < -0.39 is 63.3 Å². The van der Waals surface area contributed by atoms with E-state index in [0.717, 1.165) is 146 Å². The smallest absolute Gasteiger partial charge is 0.261 e. The summed E-state index contributed by atoms with van der Waals surface area (Å²) in [6.45, 7) is -0.0538. The molecule has 0 saturated heterocycles. The van der Waals surface area contributed by atoms with E-state index in [2.05, 4.69) is 44.2 Å². The predicted molar refractivity (Wildman–Crippen MR) is 399 cm³/mol. The molecule has 4 aliphatic rings. The number of aliphatic hydroxyl groups is 1. The number of hydrogen-bond donors (Lipinski definition) is 2. The lowest BCUT2D eigenvalue weighted by Crippen LogP contribution is -2.27. The molecule has 12 aromatic rings. The number of carbonyl (C=O) groups is 3. The van der Waals surface area contributed by atoms with Crippen molar-refractivity contribution in [3.63, 3.8) is 0 Å². The lowest BCUT2D eigenvalue weighted by molar-refractivity contribution is 0.0953. The molecule has 4 aliphatic carbocycles. The van der Waals surface area contributed by atoms with E-state index >= 15 is 0 Å². The van der Waals surface area contributed by atoms with Crippen molar-refractivity contribution in [3.8, 4) is 0 Å². The van der Waals surface area contributed by atoms with Gasteiger partial charge in [0.05, 0.1) is 92.1 Å². The van der Waals surface area contributed by atoms with E-state index in [0.29, 0.717) is 21.7 Å². The molecule has 16 rings (SSSR count). The molecule has 3 N–H and O–H groups in total. The van der Waals surface area contributed by atoms with Gasteiger partial charge in [0.15, 0.2) is 52.3 Å². The number of allylic oxidation sites excluding steroid dienone is 3. The molecule has 1 fully saturated rings. The van der Waals surface area contributed by atoms with E-state index in [4.69, 9.17) is 15.7 Å². The molecule has 0 amide bonds. The van der Waals surface area contributed by atoms with Crippen LogP contribution in [-0.4, -0.2) is 79.2 Å². The van der Waals surface area contributed by atoms with Gasteiger partial charge in [-0.15, -0.1) is 34.0 Å². The first-order valence-electron chi connectivity index (χ1n) is 34.4. The van der Waals surface area contributed by atoms with Crippen molar-refractivity contribution in [2.24, 2.45) is 5.73 Å². The third-order valence-electron chi connectivity index (χ3n) is 19.3. The van der Waals surface area contributed by atoms with Crippen LogP contribution in [0.2, 0.25) is 0 Å². The van der Waals surface area contributed by atoms with Gasteiger partial charge in [-0.3, -0.25) is 43.7 Å². The highest BCUT2D eigenvalue weighted by molar-refractivity contribution is 7.10. The van der Waals surface area contributed by atoms with E-state index in [1.54, 1.807) is 54.3 Å². The van der Waals surface area contributed by atoms with Gasteiger partial charge in [0.1, 0.15) is 0 Å². The molecule has 108 heavy (non-hydrogen) atoms. The second-order valence-electron chi connectivity index (χ2n) is 26.4. The van der Waals surface area contributed by atoms with Gasteiger partial charge < -0.3 is 24.5 Å².